The Morgan fingerprint density at radius 3 is 2.35 bits per heavy atom. The maximum atomic E-state index is 5.71. The van der Waals surface area contributed by atoms with Gasteiger partial charge in [-0.2, -0.15) is 0 Å². The maximum absolute atomic E-state index is 5.71. The lowest BCUT2D eigenvalue weighted by atomic mass is 10.2. The lowest BCUT2D eigenvalue weighted by Gasteiger charge is -2.09. The highest BCUT2D eigenvalue weighted by Crippen LogP contribution is 2.15. The van der Waals surface area contributed by atoms with E-state index in [1.165, 1.54) is 11.1 Å². The molecule has 2 aromatic carbocycles. The highest BCUT2D eigenvalue weighted by atomic mass is 16.5. The molecule has 0 unspecified atom stereocenters. The minimum absolute atomic E-state index is 0.631. The predicted octanol–water partition coefficient (Wildman–Crippen LogP) is 3.45. The van der Waals surface area contributed by atoms with Crippen molar-refractivity contribution < 1.29 is 4.74 Å². The molecule has 0 heterocycles. The monoisotopic (exact) mass is 227 g/mol. The van der Waals surface area contributed by atoms with Crippen molar-refractivity contribution in [3.05, 3.63) is 65.7 Å². The normalized spacial score (nSPS) is 10.2. The molecule has 0 aliphatic rings. The molecule has 0 amide bonds. The van der Waals surface area contributed by atoms with Crippen LogP contribution in [0.5, 0.6) is 0 Å². The lowest BCUT2D eigenvalue weighted by Crippen LogP contribution is -1.98. The van der Waals surface area contributed by atoms with Crippen LogP contribution in [0.4, 0.5) is 5.69 Å². The molecule has 0 aromatic heterocycles. The van der Waals surface area contributed by atoms with E-state index in [0.29, 0.717) is 13.2 Å². The fourth-order valence-electron chi connectivity index (χ4n) is 1.74. The molecule has 0 saturated heterocycles. The van der Waals surface area contributed by atoms with Gasteiger partial charge in [-0.05, 0) is 11.6 Å². The van der Waals surface area contributed by atoms with E-state index in [9.17, 15) is 0 Å². The van der Waals surface area contributed by atoms with Gasteiger partial charge in [0.2, 0.25) is 0 Å². The Hall–Kier alpha value is -1.80. The van der Waals surface area contributed by atoms with Crippen LogP contribution in [0.1, 0.15) is 11.1 Å². The van der Waals surface area contributed by atoms with Gasteiger partial charge in [0.25, 0.3) is 0 Å². The van der Waals surface area contributed by atoms with E-state index in [2.05, 4.69) is 29.6 Å². The number of para-hydroxylation sites is 1. The Morgan fingerprint density at radius 2 is 1.59 bits per heavy atom. The van der Waals surface area contributed by atoms with Crippen molar-refractivity contribution >= 4 is 5.69 Å². The molecular weight excluding hydrogens is 210 g/mol. The molecule has 2 rings (SSSR count). The van der Waals surface area contributed by atoms with Gasteiger partial charge in [0, 0.05) is 18.3 Å². The third kappa shape index (κ3) is 3.33. The van der Waals surface area contributed by atoms with E-state index in [1.54, 1.807) is 0 Å². The highest BCUT2D eigenvalue weighted by molar-refractivity contribution is 5.50. The smallest absolute Gasteiger partial charge is 0.0741 e. The van der Waals surface area contributed by atoms with Crippen molar-refractivity contribution in [3.8, 4) is 0 Å². The van der Waals surface area contributed by atoms with Crippen LogP contribution in [0, 0.1) is 0 Å². The van der Waals surface area contributed by atoms with E-state index in [0.717, 1.165) is 5.69 Å². The van der Waals surface area contributed by atoms with E-state index in [-0.39, 0.29) is 0 Å². The van der Waals surface area contributed by atoms with Gasteiger partial charge in [-0.15, -0.1) is 0 Å². The van der Waals surface area contributed by atoms with Gasteiger partial charge in [0.1, 0.15) is 0 Å². The Balaban J connectivity index is 1.90. The summed E-state index contributed by atoms with van der Waals surface area (Å²) in [6.45, 7) is 1.28. The zero-order valence-electron chi connectivity index (χ0n) is 10.0. The molecule has 0 spiro atoms. The summed E-state index contributed by atoms with van der Waals surface area (Å²) in [6.07, 6.45) is 0. The summed E-state index contributed by atoms with van der Waals surface area (Å²) >= 11 is 0. The topological polar surface area (TPSA) is 21.3 Å². The lowest BCUT2D eigenvalue weighted by molar-refractivity contribution is 0.107. The summed E-state index contributed by atoms with van der Waals surface area (Å²) in [5.74, 6) is 0. The second-order valence-electron chi connectivity index (χ2n) is 3.89. The third-order valence-electron chi connectivity index (χ3n) is 2.66. The first-order valence-electron chi connectivity index (χ1n) is 5.77. The van der Waals surface area contributed by atoms with Crippen LogP contribution >= 0.6 is 0 Å². The van der Waals surface area contributed by atoms with E-state index >= 15 is 0 Å². The Morgan fingerprint density at radius 1 is 0.882 bits per heavy atom. The SMILES string of the molecule is CNc1ccccc1COCc1ccccc1. The second-order valence-corrected chi connectivity index (χ2v) is 3.89. The van der Waals surface area contributed by atoms with Crippen LogP contribution in [-0.4, -0.2) is 7.05 Å². The van der Waals surface area contributed by atoms with Gasteiger partial charge >= 0.3 is 0 Å². The molecule has 17 heavy (non-hydrogen) atoms. The molecule has 0 aliphatic carbocycles. The van der Waals surface area contributed by atoms with Crippen LogP contribution in [0.2, 0.25) is 0 Å². The third-order valence-corrected chi connectivity index (χ3v) is 2.66. The number of hydrogen-bond acceptors (Lipinski definition) is 2. The molecule has 1 N–H and O–H groups in total. The van der Waals surface area contributed by atoms with Crippen molar-refractivity contribution in [2.45, 2.75) is 13.2 Å². The van der Waals surface area contributed by atoms with Crippen LogP contribution in [0.15, 0.2) is 54.6 Å². The summed E-state index contributed by atoms with van der Waals surface area (Å²) in [6, 6.07) is 18.4. The molecule has 0 bridgehead atoms. The van der Waals surface area contributed by atoms with Crippen LogP contribution < -0.4 is 5.32 Å². The second kappa shape index (κ2) is 6.06. The predicted molar refractivity (Wildman–Crippen MR) is 70.9 cm³/mol. The van der Waals surface area contributed by atoms with Gasteiger partial charge in [-0.25, -0.2) is 0 Å². The molecule has 0 saturated carbocycles. The molecule has 2 aromatic rings. The molecule has 0 atom stereocenters. The van der Waals surface area contributed by atoms with E-state index in [4.69, 9.17) is 4.74 Å². The molecule has 0 fully saturated rings. The number of ether oxygens (including phenoxy) is 1. The number of rotatable bonds is 5. The minimum Gasteiger partial charge on any atom is -0.388 e. The van der Waals surface area contributed by atoms with Crippen molar-refractivity contribution in [2.75, 3.05) is 12.4 Å². The van der Waals surface area contributed by atoms with Crippen molar-refractivity contribution in [1.82, 2.24) is 0 Å². The van der Waals surface area contributed by atoms with Gasteiger partial charge in [-0.1, -0.05) is 48.5 Å². The standard InChI is InChI=1S/C15H17NO/c1-16-15-10-6-5-9-14(15)12-17-11-13-7-3-2-4-8-13/h2-10,16H,11-12H2,1H3. The summed E-state index contributed by atoms with van der Waals surface area (Å²) in [5.41, 5.74) is 3.51. The zero-order valence-corrected chi connectivity index (χ0v) is 10.0. The van der Waals surface area contributed by atoms with Crippen molar-refractivity contribution in [3.63, 3.8) is 0 Å². The molecular formula is C15H17NO. The average Bonchev–Trinajstić information content (AvgIpc) is 2.40. The molecule has 0 radical (unpaired) electrons. The number of anilines is 1. The van der Waals surface area contributed by atoms with Crippen molar-refractivity contribution in [1.29, 1.82) is 0 Å². The first kappa shape index (κ1) is 11.7. The minimum atomic E-state index is 0.631. The van der Waals surface area contributed by atoms with Crippen LogP contribution in [-0.2, 0) is 18.0 Å². The van der Waals surface area contributed by atoms with Crippen LogP contribution in [0.3, 0.4) is 0 Å². The highest BCUT2D eigenvalue weighted by Gasteiger charge is 1.99. The number of nitrogens with one attached hydrogen (secondary N) is 1. The molecule has 2 heteroatoms. The number of benzene rings is 2. The largest absolute Gasteiger partial charge is 0.388 e. The quantitative estimate of drug-likeness (QED) is 0.844. The zero-order chi connectivity index (χ0) is 11.9. The average molecular weight is 227 g/mol. The summed E-state index contributed by atoms with van der Waals surface area (Å²) in [5, 5.41) is 3.16. The molecule has 88 valence electrons. The number of hydrogen-bond donors (Lipinski definition) is 1. The van der Waals surface area contributed by atoms with E-state index in [1.807, 2.05) is 37.4 Å². The summed E-state index contributed by atoms with van der Waals surface area (Å²) < 4.78 is 5.71. The van der Waals surface area contributed by atoms with Gasteiger partial charge in [0.05, 0.1) is 13.2 Å². The maximum Gasteiger partial charge on any atom is 0.0741 e. The Labute approximate surface area is 102 Å². The first-order chi connectivity index (χ1) is 8.40. The van der Waals surface area contributed by atoms with Crippen molar-refractivity contribution in [2.24, 2.45) is 0 Å². The van der Waals surface area contributed by atoms with E-state index < -0.39 is 0 Å². The first-order valence-corrected chi connectivity index (χ1v) is 5.77. The summed E-state index contributed by atoms with van der Waals surface area (Å²) in [4.78, 5) is 0. The Bertz CT molecular complexity index is 453. The van der Waals surface area contributed by atoms with Crippen LogP contribution in [0.25, 0.3) is 0 Å². The van der Waals surface area contributed by atoms with Gasteiger partial charge in [0.15, 0.2) is 0 Å². The molecule has 2 nitrogen and oxygen atoms in total. The fourth-order valence-corrected chi connectivity index (χ4v) is 1.74. The Kier molecular flexibility index (Phi) is 4.17. The van der Waals surface area contributed by atoms with Gasteiger partial charge < -0.3 is 10.1 Å². The van der Waals surface area contributed by atoms with Gasteiger partial charge in [-0.3, -0.25) is 0 Å². The molecule has 0 aliphatic heterocycles. The fraction of sp³-hybridized carbons (Fsp3) is 0.200. The summed E-state index contributed by atoms with van der Waals surface area (Å²) in [7, 11) is 1.93.